The van der Waals surface area contributed by atoms with Gasteiger partial charge in [0.05, 0.1) is 18.3 Å². The Kier molecular flexibility index (Phi) is 4.94. The fraction of sp³-hybridized carbons (Fsp3) is 0.278. The van der Waals surface area contributed by atoms with Crippen molar-refractivity contribution in [3.8, 4) is 5.88 Å². The SMILES string of the molecule is CCOc1cc2c(NC(C)c3ccc(Br)cc3)nc(C)nc2cn1. The van der Waals surface area contributed by atoms with E-state index in [-0.39, 0.29) is 6.04 Å². The minimum absolute atomic E-state index is 0.110. The lowest BCUT2D eigenvalue weighted by molar-refractivity contribution is 0.327. The first kappa shape index (κ1) is 16.6. The van der Waals surface area contributed by atoms with Gasteiger partial charge in [-0.05, 0) is 38.5 Å². The summed E-state index contributed by atoms with van der Waals surface area (Å²) >= 11 is 3.46. The van der Waals surface area contributed by atoms with Crippen LogP contribution in [-0.4, -0.2) is 21.6 Å². The summed E-state index contributed by atoms with van der Waals surface area (Å²) in [5.74, 6) is 2.08. The third kappa shape index (κ3) is 3.64. The van der Waals surface area contributed by atoms with Crippen molar-refractivity contribution in [2.45, 2.75) is 26.8 Å². The van der Waals surface area contributed by atoms with E-state index in [1.165, 1.54) is 5.56 Å². The van der Waals surface area contributed by atoms with Crippen LogP contribution in [0.15, 0.2) is 41.0 Å². The van der Waals surface area contributed by atoms with Crippen molar-refractivity contribution in [1.29, 1.82) is 0 Å². The molecule has 1 atom stereocenters. The van der Waals surface area contributed by atoms with Gasteiger partial charge in [0, 0.05) is 22.0 Å². The summed E-state index contributed by atoms with van der Waals surface area (Å²) in [6.07, 6.45) is 1.73. The molecule has 0 spiro atoms. The number of anilines is 1. The van der Waals surface area contributed by atoms with Gasteiger partial charge in [0.15, 0.2) is 0 Å². The number of nitrogens with one attached hydrogen (secondary N) is 1. The Labute approximate surface area is 149 Å². The third-order valence-electron chi connectivity index (χ3n) is 3.68. The number of aromatic nitrogens is 3. The van der Waals surface area contributed by atoms with Gasteiger partial charge in [-0.2, -0.15) is 0 Å². The summed E-state index contributed by atoms with van der Waals surface area (Å²) in [7, 11) is 0. The molecule has 3 rings (SSSR count). The van der Waals surface area contributed by atoms with Crippen LogP contribution in [0.3, 0.4) is 0 Å². The van der Waals surface area contributed by atoms with Crippen LogP contribution in [0.1, 0.15) is 31.3 Å². The van der Waals surface area contributed by atoms with E-state index in [0.717, 1.165) is 21.2 Å². The van der Waals surface area contributed by atoms with E-state index in [0.29, 0.717) is 18.3 Å². The Bertz CT molecular complexity index is 852. The van der Waals surface area contributed by atoms with Gasteiger partial charge in [-0.3, -0.25) is 0 Å². The van der Waals surface area contributed by atoms with Gasteiger partial charge in [-0.25, -0.2) is 15.0 Å². The molecule has 0 saturated heterocycles. The lowest BCUT2D eigenvalue weighted by Crippen LogP contribution is -2.09. The maximum Gasteiger partial charge on any atom is 0.214 e. The molecule has 6 heteroatoms. The van der Waals surface area contributed by atoms with Gasteiger partial charge >= 0.3 is 0 Å². The minimum atomic E-state index is 0.110. The first-order chi connectivity index (χ1) is 11.6. The van der Waals surface area contributed by atoms with Gasteiger partial charge in [-0.15, -0.1) is 0 Å². The predicted molar refractivity (Wildman–Crippen MR) is 99.4 cm³/mol. The highest BCUT2D eigenvalue weighted by Gasteiger charge is 2.12. The Morgan fingerprint density at radius 3 is 2.67 bits per heavy atom. The standard InChI is InChI=1S/C18H19BrN4O/c1-4-24-17-9-15-16(10-20-17)22-12(3)23-18(15)21-11(2)13-5-7-14(19)8-6-13/h5-11H,4H2,1-3H3,(H,21,22,23). The lowest BCUT2D eigenvalue weighted by Gasteiger charge is -2.17. The smallest absolute Gasteiger partial charge is 0.214 e. The molecule has 0 amide bonds. The molecule has 0 aliphatic heterocycles. The van der Waals surface area contributed by atoms with Gasteiger partial charge < -0.3 is 10.1 Å². The molecule has 2 aromatic heterocycles. The number of benzene rings is 1. The lowest BCUT2D eigenvalue weighted by atomic mass is 10.1. The Balaban J connectivity index is 1.97. The van der Waals surface area contributed by atoms with Crippen molar-refractivity contribution in [3.05, 3.63) is 52.4 Å². The minimum Gasteiger partial charge on any atom is -0.478 e. The number of ether oxygens (including phenoxy) is 1. The molecule has 5 nitrogen and oxygen atoms in total. The van der Waals surface area contributed by atoms with Crippen LogP contribution in [-0.2, 0) is 0 Å². The third-order valence-corrected chi connectivity index (χ3v) is 4.21. The zero-order chi connectivity index (χ0) is 17.1. The number of nitrogens with zero attached hydrogens (tertiary/aromatic N) is 3. The van der Waals surface area contributed by atoms with E-state index >= 15 is 0 Å². The van der Waals surface area contributed by atoms with E-state index in [2.05, 4.69) is 55.3 Å². The molecule has 0 saturated carbocycles. The molecule has 124 valence electrons. The quantitative estimate of drug-likeness (QED) is 0.690. The number of aryl methyl sites for hydroxylation is 1. The van der Waals surface area contributed by atoms with Crippen LogP contribution in [0.25, 0.3) is 10.9 Å². The molecule has 3 aromatic rings. The van der Waals surface area contributed by atoms with E-state index in [9.17, 15) is 0 Å². The van der Waals surface area contributed by atoms with E-state index in [1.807, 2.05) is 32.0 Å². The number of rotatable bonds is 5. The van der Waals surface area contributed by atoms with Crippen LogP contribution >= 0.6 is 15.9 Å². The average Bonchev–Trinajstić information content (AvgIpc) is 2.56. The molecule has 0 aliphatic carbocycles. The summed E-state index contributed by atoms with van der Waals surface area (Å²) in [6.45, 7) is 6.50. The van der Waals surface area contributed by atoms with Gasteiger partial charge in [0.2, 0.25) is 5.88 Å². The van der Waals surface area contributed by atoms with Crippen LogP contribution in [0.2, 0.25) is 0 Å². The Morgan fingerprint density at radius 2 is 1.96 bits per heavy atom. The molecule has 1 unspecified atom stereocenters. The monoisotopic (exact) mass is 386 g/mol. The highest BCUT2D eigenvalue weighted by atomic mass is 79.9. The number of hydrogen-bond donors (Lipinski definition) is 1. The van der Waals surface area contributed by atoms with Gasteiger partial charge in [-0.1, -0.05) is 28.1 Å². The zero-order valence-corrected chi connectivity index (χ0v) is 15.5. The highest BCUT2D eigenvalue weighted by molar-refractivity contribution is 9.10. The van der Waals surface area contributed by atoms with Crippen molar-refractivity contribution in [1.82, 2.24) is 15.0 Å². The Morgan fingerprint density at radius 1 is 1.21 bits per heavy atom. The van der Waals surface area contributed by atoms with Crippen molar-refractivity contribution in [3.63, 3.8) is 0 Å². The normalized spacial score (nSPS) is 12.2. The molecule has 2 heterocycles. The highest BCUT2D eigenvalue weighted by Crippen LogP contribution is 2.27. The topological polar surface area (TPSA) is 59.9 Å². The van der Waals surface area contributed by atoms with Crippen molar-refractivity contribution >= 4 is 32.7 Å². The van der Waals surface area contributed by atoms with E-state index in [1.54, 1.807) is 6.20 Å². The fourth-order valence-electron chi connectivity index (χ4n) is 2.51. The van der Waals surface area contributed by atoms with E-state index in [4.69, 9.17) is 4.74 Å². The molecular formula is C18H19BrN4O. The first-order valence-electron chi connectivity index (χ1n) is 7.86. The second-order valence-corrected chi connectivity index (χ2v) is 6.43. The van der Waals surface area contributed by atoms with E-state index < -0.39 is 0 Å². The summed E-state index contributed by atoms with van der Waals surface area (Å²) in [4.78, 5) is 13.3. The summed E-state index contributed by atoms with van der Waals surface area (Å²) in [6, 6.07) is 10.2. The molecule has 1 N–H and O–H groups in total. The molecule has 0 fully saturated rings. The predicted octanol–water partition coefficient (Wildman–Crippen LogP) is 4.67. The summed E-state index contributed by atoms with van der Waals surface area (Å²) in [5.41, 5.74) is 1.98. The number of fused-ring (bicyclic) bond motifs is 1. The van der Waals surface area contributed by atoms with Crippen molar-refractivity contribution < 1.29 is 4.74 Å². The molecule has 0 bridgehead atoms. The Hall–Kier alpha value is -2.21. The van der Waals surface area contributed by atoms with Gasteiger partial charge in [0.1, 0.15) is 11.6 Å². The summed E-state index contributed by atoms with van der Waals surface area (Å²) in [5, 5.41) is 4.39. The fourth-order valence-corrected chi connectivity index (χ4v) is 2.77. The molecule has 1 aromatic carbocycles. The first-order valence-corrected chi connectivity index (χ1v) is 8.65. The van der Waals surface area contributed by atoms with Crippen LogP contribution < -0.4 is 10.1 Å². The van der Waals surface area contributed by atoms with Gasteiger partial charge in [0.25, 0.3) is 0 Å². The molecule has 24 heavy (non-hydrogen) atoms. The molecule has 0 aliphatic rings. The second kappa shape index (κ2) is 7.13. The molecule has 0 radical (unpaired) electrons. The molecular weight excluding hydrogens is 368 g/mol. The van der Waals surface area contributed by atoms with Crippen molar-refractivity contribution in [2.75, 3.05) is 11.9 Å². The number of hydrogen-bond acceptors (Lipinski definition) is 5. The largest absolute Gasteiger partial charge is 0.478 e. The number of halogens is 1. The summed E-state index contributed by atoms with van der Waals surface area (Å²) < 4.78 is 6.57. The zero-order valence-electron chi connectivity index (χ0n) is 13.9. The maximum absolute atomic E-state index is 5.50. The average molecular weight is 387 g/mol. The van der Waals surface area contributed by atoms with Crippen LogP contribution in [0.4, 0.5) is 5.82 Å². The van der Waals surface area contributed by atoms with Crippen LogP contribution in [0.5, 0.6) is 5.88 Å². The van der Waals surface area contributed by atoms with Crippen LogP contribution in [0, 0.1) is 6.92 Å². The maximum atomic E-state index is 5.50. The second-order valence-electron chi connectivity index (χ2n) is 5.51. The number of pyridine rings is 1. The van der Waals surface area contributed by atoms with Crippen molar-refractivity contribution in [2.24, 2.45) is 0 Å².